The number of fused-ring (bicyclic) bond motifs is 3. The molecule has 26 heavy (non-hydrogen) atoms. The van der Waals surface area contributed by atoms with E-state index < -0.39 is 0 Å². The van der Waals surface area contributed by atoms with Gasteiger partial charge in [0.25, 0.3) is 0 Å². The Morgan fingerprint density at radius 2 is 1.65 bits per heavy atom. The molecule has 1 aliphatic rings. The molecule has 5 heteroatoms. The van der Waals surface area contributed by atoms with Gasteiger partial charge in [-0.1, -0.05) is 48.5 Å². The van der Waals surface area contributed by atoms with E-state index in [0.717, 1.165) is 0 Å². The summed E-state index contributed by atoms with van der Waals surface area (Å²) >= 11 is 0. The number of rotatable bonds is 4. The predicted molar refractivity (Wildman–Crippen MR) is 97.9 cm³/mol. The summed E-state index contributed by atoms with van der Waals surface area (Å²) in [4.78, 5) is 27.7. The predicted octanol–water partition coefficient (Wildman–Crippen LogP) is 2.68. The molecule has 0 saturated carbocycles. The molecule has 0 N–H and O–H groups in total. The molecule has 4 rings (SSSR count). The van der Waals surface area contributed by atoms with Gasteiger partial charge in [-0.3, -0.25) is 4.79 Å². The summed E-state index contributed by atoms with van der Waals surface area (Å²) in [6.45, 7) is 0.275. The average molecular weight is 346 g/mol. The van der Waals surface area contributed by atoms with Gasteiger partial charge in [0.2, 0.25) is 0 Å². The molecule has 0 aliphatic heterocycles. The Labute approximate surface area is 150 Å². The number of ether oxygens (including phenoxy) is 1. The first-order valence-corrected chi connectivity index (χ1v) is 8.50. The van der Waals surface area contributed by atoms with Crippen LogP contribution in [0.2, 0.25) is 0 Å². The Bertz CT molecular complexity index is 994. The highest BCUT2D eigenvalue weighted by Crippen LogP contribution is 2.44. The number of carbonyl (C=O) groups excluding carboxylic acids is 1. The van der Waals surface area contributed by atoms with Crippen LogP contribution in [0.25, 0.3) is 11.1 Å². The minimum absolute atomic E-state index is 0.00784. The maximum Gasteiger partial charge on any atom is 0.347 e. The summed E-state index contributed by atoms with van der Waals surface area (Å²) in [6.07, 6.45) is 1.59. The van der Waals surface area contributed by atoms with E-state index in [-0.39, 0.29) is 30.6 Å². The fourth-order valence-electron chi connectivity index (χ4n) is 3.41. The van der Waals surface area contributed by atoms with Crippen LogP contribution in [0, 0.1) is 0 Å². The number of nitrogens with zero attached hydrogens (tertiary/aromatic N) is 2. The van der Waals surface area contributed by atoms with Crippen molar-refractivity contribution in [1.82, 2.24) is 9.55 Å². The summed E-state index contributed by atoms with van der Waals surface area (Å²) in [5.41, 5.74) is 4.77. The summed E-state index contributed by atoms with van der Waals surface area (Å²) in [6, 6.07) is 18.1. The lowest BCUT2D eigenvalue weighted by molar-refractivity contribution is -0.143. The molecule has 5 nitrogen and oxygen atoms in total. The molecular formula is C21H18N2O3. The lowest BCUT2D eigenvalue weighted by Crippen LogP contribution is -2.22. The van der Waals surface area contributed by atoms with Crippen molar-refractivity contribution in [2.75, 3.05) is 6.61 Å². The first kappa shape index (κ1) is 16.3. The molecular weight excluding hydrogens is 328 g/mol. The molecule has 0 spiro atoms. The highest BCUT2D eigenvalue weighted by atomic mass is 16.5. The van der Waals surface area contributed by atoms with Crippen molar-refractivity contribution in [1.29, 1.82) is 0 Å². The molecule has 0 saturated heterocycles. The largest absolute Gasteiger partial charge is 0.464 e. The molecule has 0 radical (unpaired) electrons. The quantitative estimate of drug-likeness (QED) is 0.682. The van der Waals surface area contributed by atoms with E-state index in [1.54, 1.807) is 19.3 Å². The van der Waals surface area contributed by atoms with Crippen LogP contribution in [0.1, 0.15) is 22.7 Å². The van der Waals surface area contributed by atoms with Crippen molar-refractivity contribution in [3.05, 3.63) is 88.1 Å². The fraction of sp³-hybridized carbons (Fsp3) is 0.190. The maximum atomic E-state index is 12.2. The van der Waals surface area contributed by atoms with E-state index >= 15 is 0 Å². The summed E-state index contributed by atoms with van der Waals surface area (Å²) < 4.78 is 6.89. The second-order valence-electron chi connectivity index (χ2n) is 6.40. The average Bonchev–Trinajstić information content (AvgIpc) is 2.97. The highest BCUT2D eigenvalue weighted by molar-refractivity contribution is 5.79. The van der Waals surface area contributed by atoms with E-state index in [9.17, 15) is 9.59 Å². The monoisotopic (exact) mass is 346 g/mol. The van der Waals surface area contributed by atoms with Crippen molar-refractivity contribution in [3.63, 3.8) is 0 Å². The van der Waals surface area contributed by atoms with E-state index in [1.165, 1.54) is 26.8 Å². The van der Waals surface area contributed by atoms with Crippen LogP contribution in [0.15, 0.2) is 65.6 Å². The number of esters is 1. The Kier molecular flexibility index (Phi) is 4.13. The molecule has 0 bridgehead atoms. The van der Waals surface area contributed by atoms with E-state index in [1.807, 2.05) is 24.3 Å². The third kappa shape index (κ3) is 2.92. The zero-order chi connectivity index (χ0) is 18.1. The van der Waals surface area contributed by atoms with Crippen LogP contribution >= 0.6 is 0 Å². The van der Waals surface area contributed by atoms with Crippen molar-refractivity contribution >= 4 is 5.97 Å². The molecule has 0 fully saturated rings. The fourth-order valence-corrected chi connectivity index (χ4v) is 3.41. The van der Waals surface area contributed by atoms with E-state index in [0.29, 0.717) is 5.69 Å². The zero-order valence-electron chi connectivity index (χ0n) is 14.4. The Balaban J connectivity index is 1.50. The summed E-state index contributed by atoms with van der Waals surface area (Å²) in [5, 5.41) is 0. The Morgan fingerprint density at radius 3 is 2.27 bits per heavy atom. The van der Waals surface area contributed by atoms with Crippen molar-refractivity contribution in [2.24, 2.45) is 7.05 Å². The van der Waals surface area contributed by atoms with Gasteiger partial charge in [-0.05, 0) is 28.3 Å². The minimum Gasteiger partial charge on any atom is -0.464 e. The number of carbonyl (C=O) groups is 1. The van der Waals surface area contributed by atoms with Gasteiger partial charge in [-0.25, -0.2) is 4.79 Å². The number of aromatic nitrogens is 2. The highest BCUT2D eigenvalue weighted by Gasteiger charge is 2.28. The van der Waals surface area contributed by atoms with E-state index in [4.69, 9.17) is 4.74 Å². The normalized spacial score (nSPS) is 12.5. The van der Waals surface area contributed by atoms with Gasteiger partial charge in [0, 0.05) is 19.2 Å². The number of hydrogen-bond donors (Lipinski definition) is 0. The van der Waals surface area contributed by atoms with Gasteiger partial charge in [0.1, 0.15) is 6.61 Å². The molecule has 130 valence electrons. The molecule has 0 amide bonds. The van der Waals surface area contributed by atoms with Crippen molar-refractivity contribution in [2.45, 2.75) is 12.3 Å². The van der Waals surface area contributed by atoms with E-state index in [2.05, 4.69) is 29.2 Å². The van der Waals surface area contributed by atoms with Gasteiger partial charge in [-0.15, -0.1) is 0 Å². The number of benzene rings is 2. The molecule has 1 heterocycles. The number of hydrogen-bond acceptors (Lipinski definition) is 4. The maximum absolute atomic E-state index is 12.2. The van der Waals surface area contributed by atoms with Gasteiger partial charge in [0.05, 0.1) is 12.1 Å². The Morgan fingerprint density at radius 1 is 1.04 bits per heavy atom. The minimum atomic E-state index is -0.382. The van der Waals surface area contributed by atoms with Gasteiger partial charge in [-0.2, -0.15) is 4.98 Å². The van der Waals surface area contributed by atoms with Crippen LogP contribution in [-0.4, -0.2) is 22.1 Å². The van der Waals surface area contributed by atoms with Crippen LogP contribution in [0.4, 0.5) is 0 Å². The first-order chi connectivity index (χ1) is 12.6. The van der Waals surface area contributed by atoms with Crippen LogP contribution < -0.4 is 5.69 Å². The van der Waals surface area contributed by atoms with Crippen LogP contribution in [0.5, 0.6) is 0 Å². The van der Waals surface area contributed by atoms with Gasteiger partial charge >= 0.3 is 11.7 Å². The van der Waals surface area contributed by atoms with Gasteiger partial charge in [0.15, 0.2) is 0 Å². The topological polar surface area (TPSA) is 61.2 Å². The zero-order valence-corrected chi connectivity index (χ0v) is 14.4. The van der Waals surface area contributed by atoms with Crippen molar-refractivity contribution in [3.8, 4) is 11.1 Å². The lowest BCUT2D eigenvalue weighted by Gasteiger charge is -2.14. The first-order valence-electron chi connectivity index (χ1n) is 8.50. The SMILES string of the molecule is Cn1ccc(CC(=O)OCC2c3ccccc3-c3ccccc32)nc1=O. The third-order valence-corrected chi connectivity index (χ3v) is 4.73. The van der Waals surface area contributed by atoms with Crippen LogP contribution in [0.3, 0.4) is 0 Å². The number of aryl methyl sites for hydroxylation is 1. The van der Waals surface area contributed by atoms with Crippen LogP contribution in [-0.2, 0) is 23.0 Å². The molecule has 1 aliphatic carbocycles. The Hall–Kier alpha value is -3.21. The molecule has 3 aromatic rings. The van der Waals surface area contributed by atoms with Crippen molar-refractivity contribution < 1.29 is 9.53 Å². The molecule has 0 unspecified atom stereocenters. The summed E-state index contributed by atoms with van der Waals surface area (Å²) in [5.74, 6) is -0.351. The molecule has 2 aromatic carbocycles. The molecule has 1 aromatic heterocycles. The lowest BCUT2D eigenvalue weighted by atomic mass is 9.98. The molecule has 0 atom stereocenters. The third-order valence-electron chi connectivity index (χ3n) is 4.73. The standard InChI is InChI=1S/C21H18N2O3/c1-23-11-10-14(22-21(23)25)12-20(24)26-13-19-17-8-4-2-6-15(17)16-7-3-5-9-18(16)19/h2-11,19H,12-13H2,1H3. The second kappa shape index (κ2) is 6.59. The van der Waals surface area contributed by atoms with Gasteiger partial charge < -0.3 is 9.30 Å². The smallest absolute Gasteiger partial charge is 0.347 e. The second-order valence-corrected chi connectivity index (χ2v) is 6.40. The summed E-state index contributed by atoms with van der Waals surface area (Å²) in [7, 11) is 1.62.